The molecule has 1 aromatic carbocycles. The smallest absolute Gasteiger partial charge is 0.378 e. The number of likely N-dealkylation sites (tertiary alicyclic amines) is 1. The summed E-state index contributed by atoms with van der Waals surface area (Å²) in [5, 5.41) is 4.60. The Morgan fingerprint density at radius 1 is 1.31 bits per heavy atom. The van der Waals surface area contributed by atoms with Gasteiger partial charge in [-0.1, -0.05) is 0 Å². The molecule has 1 aliphatic rings. The number of hydrogen-bond acceptors (Lipinski definition) is 3. The summed E-state index contributed by atoms with van der Waals surface area (Å²) >= 11 is 0. The Kier molecular flexibility index (Phi) is 5.99. The van der Waals surface area contributed by atoms with Gasteiger partial charge in [0.05, 0.1) is 0 Å². The lowest BCUT2D eigenvalue weighted by molar-refractivity contribution is -0.140. The van der Waals surface area contributed by atoms with E-state index in [1.807, 2.05) is 43.4 Å². The number of rotatable bonds is 4. The van der Waals surface area contributed by atoms with Crippen molar-refractivity contribution in [3.05, 3.63) is 23.8 Å². The number of urea groups is 1. The van der Waals surface area contributed by atoms with Crippen molar-refractivity contribution in [3.63, 3.8) is 0 Å². The molecule has 0 unspecified atom stereocenters. The second-order valence-electron chi connectivity index (χ2n) is 6.51. The van der Waals surface area contributed by atoms with E-state index in [0.717, 1.165) is 11.3 Å². The molecule has 1 atom stereocenters. The average Bonchev–Trinajstić information content (AvgIpc) is 3.03. The molecule has 2 N–H and O–H groups in total. The Hall–Kier alpha value is -2.45. The second kappa shape index (κ2) is 7.84. The molecule has 9 heteroatoms. The first-order valence-corrected chi connectivity index (χ1v) is 8.28. The fraction of sp³-hybridized carbons (Fsp3) is 0.529. The highest BCUT2D eigenvalue weighted by atomic mass is 19.4. The van der Waals surface area contributed by atoms with Crippen LogP contribution in [0.3, 0.4) is 0 Å². The highest BCUT2D eigenvalue weighted by molar-refractivity contribution is 5.94. The molecule has 0 aromatic heterocycles. The number of amides is 3. The zero-order valence-electron chi connectivity index (χ0n) is 15.0. The van der Waals surface area contributed by atoms with Crippen LogP contribution in [-0.2, 0) is 4.79 Å². The largest absolute Gasteiger partial charge is 0.405 e. The fourth-order valence-corrected chi connectivity index (χ4v) is 2.84. The molecule has 6 nitrogen and oxygen atoms in total. The van der Waals surface area contributed by atoms with E-state index < -0.39 is 30.7 Å². The molecule has 1 aromatic rings. The summed E-state index contributed by atoms with van der Waals surface area (Å²) in [6.45, 7) is 0.772. The first-order valence-electron chi connectivity index (χ1n) is 8.28. The van der Waals surface area contributed by atoms with Crippen molar-refractivity contribution in [1.29, 1.82) is 0 Å². The number of nitrogens with zero attached hydrogens (tertiary/aromatic N) is 2. The van der Waals surface area contributed by atoms with Gasteiger partial charge < -0.3 is 20.4 Å². The number of carbonyl (C=O) groups excluding carboxylic acids is 2. The first-order chi connectivity index (χ1) is 12.1. The van der Waals surface area contributed by atoms with Crippen LogP contribution in [-0.4, -0.2) is 56.2 Å². The molecule has 0 aliphatic carbocycles. The van der Waals surface area contributed by atoms with Crippen LogP contribution in [0.2, 0.25) is 0 Å². The number of benzene rings is 1. The number of anilines is 2. The molecular formula is C17H23F3N4O2. The van der Waals surface area contributed by atoms with Gasteiger partial charge in [0, 0.05) is 32.0 Å². The van der Waals surface area contributed by atoms with Gasteiger partial charge >= 0.3 is 12.2 Å². The van der Waals surface area contributed by atoms with Crippen molar-refractivity contribution >= 4 is 23.3 Å². The summed E-state index contributed by atoms with van der Waals surface area (Å²) in [5.41, 5.74) is 2.43. The number of nitrogens with one attached hydrogen (secondary N) is 2. The summed E-state index contributed by atoms with van der Waals surface area (Å²) in [4.78, 5) is 27.7. The minimum Gasteiger partial charge on any atom is -0.378 e. The maximum Gasteiger partial charge on any atom is 0.405 e. The van der Waals surface area contributed by atoms with E-state index in [2.05, 4.69) is 5.32 Å². The van der Waals surface area contributed by atoms with E-state index in [4.69, 9.17) is 0 Å². The average molecular weight is 372 g/mol. The summed E-state index contributed by atoms with van der Waals surface area (Å²) < 4.78 is 36.8. The van der Waals surface area contributed by atoms with Crippen LogP contribution in [0.15, 0.2) is 18.2 Å². The number of carbonyl (C=O) groups is 2. The SMILES string of the molecule is Cc1cc(N(C)C)ccc1NC(=O)N1CCC[C@@H]1C(=O)NCC(F)(F)F. The van der Waals surface area contributed by atoms with Crippen molar-refractivity contribution in [2.24, 2.45) is 0 Å². The molecule has 1 saturated heterocycles. The third-order valence-corrected chi connectivity index (χ3v) is 4.25. The van der Waals surface area contributed by atoms with Gasteiger partial charge in [0.15, 0.2) is 0 Å². The van der Waals surface area contributed by atoms with Crippen LogP contribution in [0.4, 0.5) is 29.3 Å². The Morgan fingerprint density at radius 3 is 2.58 bits per heavy atom. The molecule has 0 spiro atoms. The minimum absolute atomic E-state index is 0.324. The maximum absolute atomic E-state index is 12.5. The Balaban J connectivity index is 2.03. The highest BCUT2D eigenvalue weighted by Crippen LogP contribution is 2.24. The fourth-order valence-electron chi connectivity index (χ4n) is 2.84. The molecule has 1 heterocycles. The van der Waals surface area contributed by atoms with Gasteiger partial charge in [-0.05, 0) is 43.5 Å². The third-order valence-electron chi connectivity index (χ3n) is 4.25. The van der Waals surface area contributed by atoms with E-state index >= 15 is 0 Å². The van der Waals surface area contributed by atoms with Gasteiger partial charge in [0.2, 0.25) is 5.91 Å². The molecule has 0 saturated carbocycles. The van der Waals surface area contributed by atoms with Crippen LogP contribution in [0.25, 0.3) is 0 Å². The number of alkyl halides is 3. The number of hydrogen-bond donors (Lipinski definition) is 2. The van der Waals surface area contributed by atoms with Gasteiger partial charge in [-0.15, -0.1) is 0 Å². The molecule has 0 radical (unpaired) electrons. The highest BCUT2D eigenvalue weighted by Gasteiger charge is 2.36. The van der Waals surface area contributed by atoms with Crippen LogP contribution in [0.1, 0.15) is 18.4 Å². The Morgan fingerprint density at radius 2 is 2.00 bits per heavy atom. The molecule has 1 fully saturated rings. The van der Waals surface area contributed by atoms with Gasteiger partial charge in [-0.25, -0.2) is 4.79 Å². The normalized spacial score (nSPS) is 17.2. The van der Waals surface area contributed by atoms with Crippen molar-refractivity contribution < 1.29 is 22.8 Å². The van der Waals surface area contributed by atoms with E-state index in [1.165, 1.54) is 4.90 Å². The van der Waals surface area contributed by atoms with Crippen LogP contribution >= 0.6 is 0 Å². The Labute approximate surface area is 150 Å². The summed E-state index contributed by atoms with van der Waals surface area (Å²) in [5.74, 6) is -0.783. The lowest BCUT2D eigenvalue weighted by Gasteiger charge is -2.25. The summed E-state index contributed by atoms with van der Waals surface area (Å²) in [6, 6.07) is 4.14. The second-order valence-corrected chi connectivity index (χ2v) is 6.51. The van der Waals surface area contributed by atoms with Gasteiger partial charge in [0.1, 0.15) is 12.6 Å². The van der Waals surface area contributed by atoms with E-state index in [1.54, 1.807) is 6.07 Å². The van der Waals surface area contributed by atoms with E-state index in [0.29, 0.717) is 25.1 Å². The number of aryl methyl sites for hydroxylation is 1. The minimum atomic E-state index is -4.48. The first kappa shape index (κ1) is 19.9. The maximum atomic E-state index is 12.5. The van der Waals surface area contributed by atoms with E-state index in [9.17, 15) is 22.8 Å². The monoisotopic (exact) mass is 372 g/mol. The van der Waals surface area contributed by atoms with Gasteiger partial charge in [-0.3, -0.25) is 4.79 Å². The molecule has 2 rings (SSSR count). The van der Waals surface area contributed by atoms with Crippen molar-refractivity contribution in [3.8, 4) is 0 Å². The summed E-state index contributed by atoms with van der Waals surface area (Å²) in [6.07, 6.45) is -3.57. The lowest BCUT2D eigenvalue weighted by Crippen LogP contribution is -2.49. The molecule has 144 valence electrons. The van der Waals surface area contributed by atoms with Gasteiger partial charge in [0.25, 0.3) is 0 Å². The zero-order valence-corrected chi connectivity index (χ0v) is 15.0. The van der Waals surface area contributed by atoms with Crippen LogP contribution < -0.4 is 15.5 Å². The molecule has 1 aliphatic heterocycles. The van der Waals surface area contributed by atoms with Crippen molar-refractivity contribution in [2.75, 3.05) is 37.4 Å². The third kappa shape index (κ3) is 5.03. The summed E-state index contributed by atoms with van der Waals surface area (Å²) in [7, 11) is 3.81. The van der Waals surface area contributed by atoms with Crippen molar-refractivity contribution in [1.82, 2.24) is 10.2 Å². The predicted octanol–water partition coefficient (Wildman–Crippen LogP) is 2.74. The zero-order chi connectivity index (χ0) is 19.5. The predicted molar refractivity (Wildman–Crippen MR) is 93.3 cm³/mol. The molecule has 26 heavy (non-hydrogen) atoms. The molecule has 3 amide bonds. The lowest BCUT2D eigenvalue weighted by atomic mass is 10.1. The van der Waals surface area contributed by atoms with E-state index in [-0.39, 0.29) is 0 Å². The molecular weight excluding hydrogens is 349 g/mol. The van der Waals surface area contributed by atoms with Crippen LogP contribution in [0.5, 0.6) is 0 Å². The van der Waals surface area contributed by atoms with Crippen molar-refractivity contribution in [2.45, 2.75) is 32.0 Å². The topological polar surface area (TPSA) is 64.7 Å². The quantitative estimate of drug-likeness (QED) is 0.854. The molecule has 0 bridgehead atoms. The standard InChI is InChI=1S/C17H23F3N4O2/c1-11-9-12(23(2)3)6-7-13(11)22-16(26)24-8-4-5-14(24)15(25)21-10-17(18,19)20/h6-7,9,14H,4-5,8,10H2,1-3H3,(H,21,25)(H,22,26)/t14-/m1/s1. The van der Waals surface area contributed by atoms with Crippen LogP contribution in [0, 0.1) is 6.92 Å². The van der Waals surface area contributed by atoms with Gasteiger partial charge in [-0.2, -0.15) is 13.2 Å². The Bertz CT molecular complexity index is 676. The number of halogens is 3.